The molecule has 2 heteroatoms. The molecule has 19 heavy (non-hydrogen) atoms. The first-order valence-corrected chi connectivity index (χ1v) is 6.42. The van der Waals surface area contributed by atoms with Crippen LogP contribution in [-0.2, 0) is 6.54 Å². The average molecular weight is 248 g/mol. The molecule has 1 heterocycles. The Morgan fingerprint density at radius 2 is 1.74 bits per heavy atom. The Morgan fingerprint density at radius 1 is 0.947 bits per heavy atom. The van der Waals surface area contributed by atoms with Crippen LogP contribution in [0, 0.1) is 6.92 Å². The van der Waals surface area contributed by atoms with Gasteiger partial charge in [0.2, 0.25) is 0 Å². The fourth-order valence-corrected chi connectivity index (χ4v) is 2.23. The number of nitrogens with two attached hydrogens (primary N) is 1. The van der Waals surface area contributed by atoms with Gasteiger partial charge in [-0.2, -0.15) is 0 Å². The summed E-state index contributed by atoms with van der Waals surface area (Å²) in [6, 6.07) is 16.8. The van der Waals surface area contributed by atoms with E-state index in [0.29, 0.717) is 6.54 Å². The van der Waals surface area contributed by atoms with E-state index in [1.54, 1.807) is 0 Å². The number of benzene rings is 2. The highest BCUT2D eigenvalue weighted by molar-refractivity contribution is 5.85. The molecule has 0 saturated carbocycles. The van der Waals surface area contributed by atoms with Crippen molar-refractivity contribution >= 4 is 10.8 Å². The number of aromatic nitrogens is 1. The zero-order valence-corrected chi connectivity index (χ0v) is 10.9. The number of hydrogen-bond donors (Lipinski definition) is 1. The minimum Gasteiger partial charge on any atom is -0.326 e. The van der Waals surface area contributed by atoms with E-state index < -0.39 is 0 Å². The van der Waals surface area contributed by atoms with Crippen molar-refractivity contribution in [3.63, 3.8) is 0 Å². The summed E-state index contributed by atoms with van der Waals surface area (Å²) in [7, 11) is 0. The standard InChI is InChI=1S/C17H16N2/c1-12-2-5-15-9-17(19-11-16(15)8-12)14-6-3-13(10-18)4-7-14/h2-9,11H,10,18H2,1H3. The van der Waals surface area contributed by atoms with Gasteiger partial charge in [0.05, 0.1) is 5.69 Å². The van der Waals surface area contributed by atoms with Crippen molar-refractivity contribution in [2.75, 3.05) is 0 Å². The number of aryl methyl sites for hydroxylation is 1. The Bertz CT molecular complexity index is 715. The lowest BCUT2D eigenvalue weighted by Gasteiger charge is -2.05. The lowest BCUT2D eigenvalue weighted by molar-refractivity contribution is 1.07. The molecule has 0 saturated heterocycles. The highest BCUT2D eigenvalue weighted by Crippen LogP contribution is 2.23. The summed E-state index contributed by atoms with van der Waals surface area (Å²) in [5.74, 6) is 0. The van der Waals surface area contributed by atoms with Crippen LogP contribution in [0.3, 0.4) is 0 Å². The van der Waals surface area contributed by atoms with Crippen LogP contribution in [0.25, 0.3) is 22.0 Å². The van der Waals surface area contributed by atoms with Crippen LogP contribution >= 0.6 is 0 Å². The highest BCUT2D eigenvalue weighted by atomic mass is 14.7. The van der Waals surface area contributed by atoms with Crippen LogP contribution in [0.15, 0.2) is 54.7 Å². The van der Waals surface area contributed by atoms with Crippen LogP contribution in [0.4, 0.5) is 0 Å². The van der Waals surface area contributed by atoms with Gasteiger partial charge in [-0.1, -0.05) is 42.0 Å². The first-order valence-electron chi connectivity index (χ1n) is 6.42. The second kappa shape index (κ2) is 4.82. The summed E-state index contributed by atoms with van der Waals surface area (Å²) >= 11 is 0. The second-order valence-electron chi connectivity index (χ2n) is 4.82. The number of pyridine rings is 1. The van der Waals surface area contributed by atoms with Crippen molar-refractivity contribution in [2.24, 2.45) is 5.73 Å². The molecule has 3 aromatic rings. The molecule has 0 unspecified atom stereocenters. The summed E-state index contributed by atoms with van der Waals surface area (Å²) in [6.45, 7) is 2.67. The van der Waals surface area contributed by atoms with E-state index in [1.165, 1.54) is 16.3 Å². The molecule has 0 aliphatic rings. The van der Waals surface area contributed by atoms with Crippen LogP contribution in [0.5, 0.6) is 0 Å². The monoisotopic (exact) mass is 248 g/mol. The summed E-state index contributed by atoms with van der Waals surface area (Å²) < 4.78 is 0. The fourth-order valence-electron chi connectivity index (χ4n) is 2.23. The van der Waals surface area contributed by atoms with E-state index in [-0.39, 0.29) is 0 Å². The molecule has 0 aliphatic heterocycles. The van der Waals surface area contributed by atoms with Gasteiger partial charge in [-0.15, -0.1) is 0 Å². The summed E-state index contributed by atoms with van der Waals surface area (Å²) in [5, 5.41) is 2.40. The zero-order valence-electron chi connectivity index (χ0n) is 10.9. The quantitative estimate of drug-likeness (QED) is 0.751. The number of rotatable bonds is 2. The molecule has 1 aromatic heterocycles. The molecular formula is C17H16N2. The molecule has 0 atom stereocenters. The Kier molecular flexibility index (Phi) is 3.02. The average Bonchev–Trinajstić information content (AvgIpc) is 2.47. The normalized spacial score (nSPS) is 10.8. The minimum absolute atomic E-state index is 0.574. The fraction of sp³-hybridized carbons (Fsp3) is 0.118. The smallest absolute Gasteiger partial charge is 0.0708 e. The maximum Gasteiger partial charge on any atom is 0.0708 e. The van der Waals surface area contributed by atoms with E-state index >= 15 is 0 Å². The number of nitrogens with zero attached hydrogens (tertiary/aromatic N) is 1. The predicted molar refractivity (Wildman–Crippen MR) is 79.8 cm³/mol. The Labute approximate surface area is 112 Å². The predicted octanol–water partition coefficient (Wildman–Crippen LogP) is 3.67. The lowest BCUT2D eigenvalue weighted by atomic mass is 10.0. The second-order valence-corrected chi connectivity index (χ2v) is 4.82. The van der Waals surface area contributed by atoms with Crippen molar-refractivity contribution in [1.82, 2.24) is 4.98 Å². The molecule has 0 bridgehead atoms. The zero-order chi connectivity index (χ0) is 13.2. The Balaban J connectivity index is 2.06. The van der Waals surface area contributed by atoms with Crippen molar-refractivity contribution in [2.45, 2.75) is 13.5 Å². The first-order chi connectivity index (χ1) is 9.26. The van der Waals surface area contributed by atoms with Crippen molar-refractivity contribution < 1.29 is 0 Å². The maximum atomic E-state index is 5.61. The van der Waals surface area contributed by atoms with Gasteiger partial charge in [0.15, 0.2) is 0 Å². The van der Waals surface area contributed by atoms with Crippen LogP contribution in [0.2, 0.25) is 0 Å². The highest BCUT2D eigenvalue weighted by Gasteiger charge is 2.01. The molecule has 2 N–H and O–H groups in total. The SMILES string of the molecule is Cc1ccc2cc(-c3ccc(CN)cc3)ncc2c1. The summed E-state index contributed by atoms with van der Waals surface area (Å²) in [6.07, 6.45) is 1.94. The third-order valence-electron chi connectivity index (χ3n) is 3.36. The van der Waals surface area contributed by atoms with Gasteiger partial charge in [0, 0.05) is 23.7 Å². The van der Waals surface area contributed by atoms with E-state index in [4.69, 9.17) is 5.73 Å². The van der Waals surface area contributed by atoms with Gasteiger partial charge in [-0.05, 0) is 30.0 Å². The summed E-state index contributed by atoms with van der Waals surface area (Å²) in [4.78, 5) is 4.54. The van der Waals surface area contributed by atoms with Crippen molar-refractivity contribution in [3.05, 3.63) is 65.9 Å². The summed E-state index contributed by atoms with van der Waals surface area (Å²) in [5.41, 5.74) is 10.1. The maximum absolute atomic E-state index is 5.61. The van der Waals surface area contributed by atoms with E-state index in [0.717, 1.165) is 16.8 Å². The molecule has 2 nitrogen and oxygen atoms in total. The minimum atomic E-state index is 0.574. The van der Waals surface area contributed by atoms with E-state index in [2.05, 4.69) is 60.4 Å². The van der Waals surface area contributed by atoms with Crippen LogP contribution in [-0.4, -0.2) is 4.98 Å². The number of hydrogen-bond acceptors (Lipinski definition) is 2. The van der Waals surface area contributed by atoms with Crippen molar-refractivity contribution in [1.29, 1.82) is 0 Å². The molecule has 2 aromatic carbocycles. The molecule has 0 aliphatic carbocycles. The van der Waals surface area contributed by atoms with Gasteiger partial charge in [0.25, 0.3) is 0 Å². The third-order valence-corrected chi connectivity index (χ3v) is 3.36. The number of fused-ring (bicyclic) bond motifs is 1. The van der Waals surface area contributed by atoms with Crippen LogP contribution < -0.4 is 5.73 Å². The molecule has 0 fully saturated rings. The molecule has 0 radical (unpaired) electrons. The third kappa shape index (κ3) is 2.35. The first kappa shape index (κ1) is 11.9. The lowest BCUT2D eigenvalue weighted by Crippen LogP contribution is -1.95. The van der Waals surface area contributed by atoms with Gasteiger partial charge < -0.3 is 5.73 Å². The van der Waals surface area contributed by atoms with E-state index in [1.807, 2.05) is 6.20 Å². The molecule has 0 spiro atoms. The molecular weight excluding hydrogens is 232 g/mol. The van der Waals surface area contributed by atoms with E-state index in [9.17, 15) is 0 Å². The van der Waals surface area contributed by atoms with Gasteiger partial charge >= 0.3 is 0 Å². The van der Waals surface area contributed by atoms with Crippen LogP contribution in [0.1, 0.15) is 11.1 Å². The Morgan fingerprint density at radius 3 is 2.47 bits per heavy atom. The molecule has 0 amide bonds. The topological polar surface area (TPSA) is 38.9 Å². The van der Waals surface area contributed by atoms with Gasteiger partial charge in [-0.3, -0.25) is 4.98 Å². The van der Waals surface area contributed by atoms with Gasteiger partial charge in [0.1, 0.15) is 0 Å². The molecule has 94 valence electrons. The van der Waals surface area contributed by atoms with Crippen molar-refractivity contribution in [3.8, 4) is 11.3 Å². The van der Waals surface area contributed by atoms with Gasteiger partial charge in [-0.25, -0.2) is 0 Å². The largest absolute Gasteiger partial charge is 0.326 e. The Hall–Kier alpha value is -2.19. The molecule has 3 rings (SSSR count).